The predicted molar refractivity (Wildman–Crippen MR) is 64.6 cm³/mol. The van der Waals surface area contributed by atoms with Crippen LogP contribution in [0.1, 0.15) is 16.4 Å². The molecule has 0 aliphatic carbocycles. The Labute approximate surface area is 98.1 Å². The molecule has 0 saturated carbocycles. The van der Waals surface area contributed by atoms with E-state index in [4.69, 9.17) is 10.5 Å². The third-order valence-electron chi connectivity index (χ3n) is 2.07. The first-order valence-electron chi connectivity index (χ1n) is 4.92. The summed E-state index contributed by atoms with van der Waals surface area (Å²) in [4.78, 5) is 8.43. The van der Waals surface area contributed by atoms with Crippen LogP contribution in [0.15, 0.2) is 17.5 Å². The molecule has 0 atom stereocenters. The highest BCUT2D eigenvalue weighted by molar-refractivity contribution is 7.09. The van der Waals surface area contributed by atoms with Crippen molar-refractivity contribution in [3.8, 4) is 5.75 Å². The fraction of sp³-hybridized carbons (Fsp3) is 0.273. The summed E-state index contributed by atoms with van der Waals surface area (Å²) in [6, 6.07) is 3.70. The van der Waals surface area contributed by atoms with E-state index in [9.17, 15) is 0 Å². The molecule has 16 heavy (non-hydrogen) atoms. The molecule has 0 bridgehead atoms. The van der Waals surface area contributed by atoms with Crippen molar-refractivity contribution >= 4 is 17.2 Å². The van der Waals surface area contributed by atoms with E-state index >= 15 is 0 Å². The molecule has 2 N–H and O–H groups in total. The Morgan fingerprint density at radius 1 is 1.31 bits per heavy atom. The highest BCUT2D eigenvalue weighted by Gasteiger charge is 2.04. The van der Waals surface area contributed by atoms with Crippen molar-refractivity contribution in [2.24, 2.45) is 0 Å². The molecule has 0 aliphatic heterocycles. The van der Waals surface area contributed by atoms with Crippen LogP contribution in [0.5, 0.6) is 5.75 Å². The van der Waals surface area contributed by atoms with Crippen LogP contribution >= 0.6 is 11.3 Å². The number of nitrogen functional groups attached to an aromatic ring is 1. The average molecular weight is 235 g/mol. The molecule has 0 radical (unpaired) electrons. The van der Waals surface area contributed by atoms with Gasteiger partial charge in [0.2, 0.25) is 0 Å². The van der Waals surface area contributed by atoms with Gasteiger partial charge in [-0.15, -0.1) is 11.3 Å². The smallest absolute Gasteiger partial charge is 0.166 e. The van der Waals surface area contributed by atoms with Crippen LogP contribution in [0.2, 0.25) is 0 Å². The third kappa shape index (κ3) is 2.49. The number of rotatable bonds is 3. The van der Waals surface area contributed by atoms with Gasteiger partial charge in [0.15, 0.2) is 11.6 Å². The summed E-state index contributed by atoms with van der Waals surface area (Å²) in [5.41, 5.74) is 7.54. The Bertz CT molecular complexity index is 496. The molecule has 0 aliphatic rings. The lowest BCUT2D eigenvalue weighted by molar-refractivity contribution is 0.302. The first-order chi connectivity index (χ1) is 7.65. The fourth-order valence-corrected chi connectivity index (χ4v) is 1.91. The third-order valence-corrected chi connectivity index (χ3v) is 2.89. The van der Waals surface area contributed by atoms with Gasteiger partial charge in [-0.2, -0.15) is 0 Å². The van der Waals surface area contributed by atoms with Crippen molar-refractivity contribution in [3.63, 3.8) is 0 Å². The first-order valence-corrected chi connectivity index (χ1v) is 5.80. The number of thiazole rings is 1. The van der Waals surface area contributed by atoms with Crippen LogP contribution in [0.4, 0.5) is 5.82 Å². The minimum atomic E-state index is 0.423. The van der Waals surface area contributed by atoms with E-state index in [2.05, 4.69) is 9.97 Å². The minimum absolute atomic E-state index is 0.423. The number of hydrogen-bond acceptors (Lipinski definition) is 5. The van der Waals surface area contributed by atoms with Gasteiger partial charge >= 0.3 is 0 Å². The van der Waals surface area contributed by atoms with Crippen molar-refractivity contribution < 1.29 is 4.74 Å². The maximum atomic E-state index is 5.74. The maximum absolute atomic E-state index is 5.74. The molecule has 0 amide bonds. The Morgan fingerprint density at radius 2 is 2.12 bits per heavy atom. The van der Waals surface area contributed by atoms with Gasteiger partial charge in [0, 0.05) is 11.1 Å². The average Bonchev–Trinajstić information content (AvgIpc) is 2.63. The van der Waals surface area contributed by atoms with Gasteiger partial charge in [0.25, 0.3) is 0 Å². The number of nitrogens with two attached hydrogens (primary N) is 1. The summed E-state index contributed by atoms with van der Waals surface area (Å²) >= 11 is 1.61. The second-order valence-electron chi connectivity index (χ2n) is 3.48. The van der Waals surface area contributed by atoms with E-state index in [0.717, 1.165) is 16.4 Å². The molecule has 2 aromatic rings. The molecule has 84 valence electrons. The number of anilines is 1. The fourth-order valence-electron chi connectivity index (χ4n) is 1.31. The van der Waals surface area contributed by atoms with Crippen molar-refractivity contribution in [2.45, 2.75) is 20.5 Å². The maximum Gasteiger partial charge on any atom is 0.166 e. The molecular formula is C11H13N3OS. The summed E-state index contributed by atoms with van der Waals surface area (Å²) in [5.74, 6) is 1.03. The summed E-state index contributed by atoms with van der Waals surface area (Å²) < 4.78 is 5.55. The van der Waals surface area contributed by atoms with Gasteiger partial charge in [-0.05, 0) is 26.0 Å². The number of aromatic nitrogens is 2. The molecule has 0 fully saturated rings. The van der Waals surface area contributed by atoms with Crippen LogP contribution in [-0.2, 0) is 6.61 Å². The Balaban J connectivity index is 2.04. The number of pyridine rings is 1. The van der Waals surface area contributed by atoms with Gasteiger partial charge in [0.05, 0.1) is 10.7 Å². The Hall–Kier alpha value is -1.62. The monoisotopic (exact) mass is 235 g/mol. The van der Waals surface area contributed by atoms with Crippen molar-refractivity contribution in [2.75, 3.05) is 5.73 Å². The molecule has 0 unspecified atom stereocenters. The second-order valence-corrected chi connectivity index (χ2v) is 4.54. The molecule has 0 saturated heterocycles. The predicted octanol–water partition coefficient (Wildman–Crippen LogP) is 2.32. The van der Waals surface area contributed by atoms with Crippen LogP contribution in [0, 0.1) is 13.8 Å². The largest absolute Gasteiger partial charge is 0.483 e. The van der Waals surface area contributed by atoms with Gasteiger partial charge in [-0.25, -0.2) is 9.97 Å². The number of nitrogens with zero attached hydrogens (tertiary/aromatic N) is 2. The highest BCUT2D eigenvalue weighted by Crippen LogP contribution is 2.20. The zero-order valence-electron chi connectivity index (χ0n) is 9.23. The molecular weight excluding hydrogens is 222 g/mol. The Kier molecular flexibility index (Phi) is 3.05. The number of ether oxygens (including phenoxy) is 1. The van der Waals surface area contributed by atoms with E-state index in [1.807, 2.05) is 31.4 Å². The quantitative estimate of drug-likeness (QED) is 0.886. The van der Waals surface area contributed by atoms with E-state index in [1.165, 1.54) is 0 Å². The van der Waals surface area contributed by atoms with Crippen molar-refractivity contribution in [1.82, 2.24) is 9.97 Å². The SMILES string of the molecule is Cc1ccc(OCc2csc(C)n2)c(N)n1. The standard InChI is InChI=1S/C11H13N3OS/c1-7-3-4-10(11(12)13-7)15-5-9-6-16-8(2)14-9/h3-4,6H,5H2,1-2H3,(H2,12,13). The summed E-state index contributed by atoms with van der Waals surface area (Å²) in [7, 11) is 0. The highest BCUT2D eigenvalue weighted by atomic mass is 32.1. The lowest BCUT2D eigenvalue weighted by Crippen LogP contribution is -2.01. The summed E-state index contributed by atoms with van der Waals surface area (Å²) in [6.45, 7) is 4.29. The van der Waals surface area contributed by atoms with Gasteiger partial charge in [0.1, 0.15) is 6.61 Å². The van der Waals surface area contributed by atoms with E-state index < -0.39 is 0 Å². The van der Waals surface area contributed by atoms with Crippen LogP contribution in [-0.4, -0.2) is 9.97 Å². The van der Waals surface area contributed by atoms with Crippen molar-refractivity contribution in [3.05, 3.63) is 33.9 Å². The lowest BCUT2D eigenvalue weighted by atomic mass is 10.3. The van der Waals surface area contributed by atoms with Gasteiger partial charge in [-0.3, -0.25) is 0 Å². The Morgan fingerprint density at radius 3 is 2.75 bits per heavy atom. The topological polar surface area (TPSA) is 61.0 Å². The van der Waals surface area contributed by atoms with Crippen LogP contribution < -0.4 is 10.5 Å². The zero-order chi connectivity index (χ0) is 11.5. The summed E-state index contributed by atoms with van der Waals surface area (Å²) in [6.07, 6.45) is 0. The van der Waals surface area contributed by atoms with Crippen LogP contribution in [0.3, 0.4) is 0 Å². The van der Waals surface area contributed by atoms with E-state index in [-0.39, 0.29) is 0 Å². The number of aryl methyl sites for hydroxylation is 2. The van der Waals surface area contributed by atoms with E-state index in [1.54, 1.807) is 11.3 Å². The van der Waals surface area contributed by atoms with Crippen molar-refractivity contribution in [1.29, 1.82) is 0 Å². The minimum Gasteiger partial charge on any atom is -0.483 e. The van der Waals surface area contributed by atoms with Crippen LogP contribution in [0.25, 0.3) is 0 Å². The second kappa shape index (κ2) is 4.49. The van der Waals surface area contributed by atoms with Gasteiger partial charge in [-0.1, -0.05) is 0 Å². The molecule has 0 aromatic carbocycles. The first kappa shape index (κ1) is 10.9. The van der Waals surface area contributed by atoms with E-state index in [0.29, 0.717) is 18.2 Å². The number of hydrogen-bond donors (Lipinski definition) is 1. The zero-order valence-corrected chi connectivity index (χ0v) is 10.0. The lowest BCUT2D eigenvalue weighted by Gasteiger charge is -2.06. The van der Waals surface area contributed by atoms with Gasteiger partial charge < -0.3 is 10.5 Å². The molecule has 5 heteroatoms. The summed E-state index contributed by atoms with van der Waals surface area (Å²) in [5, 5.41) is 3.02. The normalized spacial score (nSPS) is 10.4. The molecule has 0 spiro atoms. The molecule has 2 rings (SSSR count). The molecule has 2 heterocycles. The molecule has 4 nitrogen and oxygen atoms in total. The molecule has 2 aromatic heterocycles.